The number of anilines is 1. The topological polar surface area (TPSA) is 82.0 Å². The van der Waals surface area contributed by atoms with E-state index in [0.717, 1.165) is 5.56 Å². The minimum Gasteiger partial charge on any atom is -0.490 e. The third-order valence-electron chi connectivity index (χ3n) is 3.17. The van der Waals surface area contributed by atoms with Crippen LogP contribution < -0.4 is 14.9 Å². The molecule has 2 aromatic rings. The first kappa shape index (κ1) is 19.7. The zero-order valence-corrected chi connectivity index (χ0v) is 16.3. The Morgan fingerprint density at radius 2 is 2.15 bits per heavy atom. The predicted octanol–water partition coefficient (Wildman–Crippen LogP) is 3.87. The predicted molar refractivity (Wildman–Crippen MR) is 103 cm³/mol. The van der Waals surface area contributed by atoms with Gasteiger partial charge in [-0.05, 0) is 51.5 Å². The number of carbonyl (C=O) groups excluding carboxylic acids is 1. The van der Waals surface area contributed by atoms with Crippen LogP contribution in [0.2, 0.25) is 0 Å². The van der Waals surface area contributed by atoms with Crippen molar-refractivity contribution < 1.29 is 19.0 Å². The van der Waals surface area contributed by atoms with Crippen LogP contribution in [0.3, 0.4) is 0 Å². The Morgan fingerprint density at radius 3 is 2.81 bits per heavy atom. The third kappa shape index (κ3) is 5.19. The second kappa shape index (κ2) is 9.19. The fraction of sp³-hybridized carbons (Fsp3) is 0.389. The van der Waals surface area contributed by atoms with Crippen LogP contribution in [0.5, 0.6) is 11.5 Å². The lowest BCUT2D eigenvalue weighted by molar-refractivity contribution is 0.0605. The first-order valence-electron chi connectivity index (χ1n) is 8.22. The summed E-state index contributed by atoms with van der Waals surface area (Å²) in [5.41, 5.74) is 4.28. The Balaban J connectivity index is 2.10. The molecule has 0 saturated heterocycles. The van der Waals surface area contributed by atoms with E-state index in [-0.39, 0.29) is 6.10 Å². The maximum atomic E-state index is 11.6. The Labute approximate surface area is 157 Å². The second-order valence-corrected chi connectivity index (χ2v) is 6.60. The van der Waals surface area contributed by atoms with Crippen molar-refractivity contribution >= 4 is 28.7 Å². The number of nitrogens with zero attached hydrogens (tertiary/aromatic N) is 2. The summed E-state index contributed by atoms with van der Waals surface area (Å²) in [4.78, 5) is 16.3. The van der Waals surface area contributed by atoms with Crippen LogP contribution in [0, 0.1) is 6.92 Å². The van der Waals surface area contributed by atoms with E-state index in [1.165, 1.54) is 18.4 Å². The minimum atomic E-state index is -0.404. The molecule has 0 aliphatic rings. The molecule has 1 aromatic carbocycles. The maximum Gasteiger partial charge on any atom is 0.350 e. The lowest BCUT2D eigenvalue weighted by atomic mass is 10.2. The van der Waals surface area contributed by atoms with E-state index in [4.69, 9.17) is 14.2 Å². The highest BCUT2D eigenvalue weighted by atomic mass is 32.1. The van der Waals surface area contributed by atoms with Crippen LogP contribution in [0.25, 0.3) is 0 Å². The molecule has 0 radical (unpaired) electrons. The normalized spacial score (nSPS) is 11.0. The number of aromatic nitrogens is 1. The summed E-state index contributed by atoms with van der Waals surface area (Å²) < 4.78 is 16.1. The van der Waals surface area contributed by atoms with E-state index in [0.29, 0.717) is 33.8 Å². The lowest BCUT2D eigenvalue weighted by Crippen LogP contribution is -2.07. The Hall–Kier alpha value is -2.61. The molecule has 0 bridgehead atoms. The fourth-order valence-corrected chi connectivity index (χ4v) is 2.95. The van der Waals surface area contributed by atoms with Crippen molar-refractivity contribution in [2.45, 2.75) is 33.8 Å². The highest BCUT2D eigenvalue weighted by molar-refractivity contribution is 7.17. The van der Waals surface area contributed by atoms with Crippen molar-refractivity contribution in [3.63, 3.8) is 0 Å². The van der Waals surface area contributed by atoms with E-state index in [9.17, 15) is 4.79 Å². The monoisotopic (exact) mass is 377 g/mol. The SMILES string of the molecule is CCOc1cc(/C=N/Nc2nc(C)c(C(=O)OC)s2)ccc1OC(C)C. The smallest absolute Gasteiger partial charge is 0.350 e. The Bertz CT molecular complexity index is 787. The summed E-state index contributed by atoms with van der Waals surface area (Å²) in [7, 11) is 1.34. The van der Waals surface area contributed by atoms with Gasteiger partial charge in [0.2, 0.25) is 5.13 Å². The first-order valence-corrected chi connectivity index (χ1v) is 9.04. The third-order valence-corrected chi connectivity index (χ3v) is 4.21. The fourth-order valence-electron chi connectivity index (χ4n) is 2.11. The summed E-state index contributed by atoms with van der Waals surface area (Å²) in [6.45, 7) is 8.15. The summed E-state index contributed by atoms with van der Waals surface area (Å²) in [5, 5.41) is 4.69. The van der Waals surface area contributed by atoms with E-state index >= 15 is 0 Å². The summed E-state index contributed by atoms with van der Waals surface area (Å²) in [6, 6.07) is 5.60. The van der Waals surface area contributed by atoms with Gasteiger partial charge in [-0.1, -0.05) is 11.3 Å². The highest BCUT2D eigenvalue weighted by Crippen LogP contribution is 2.29. The number of carbonyl (C=O) groups is 1. The van der Waals surface area contributed by atoms with Crippen LogP contribution in [0.15, 0.2) is 23.3 Å². The van der Waals surface area contributed by atoms with Gasteiger partial charge in [-0.3, -0.25) is 5.43 Å². The molecule has 0 saturated carbocycles. The number of ether oxygens (including phenoxy) is 3. The molecule has 1 aromatic heterocycles. The number of hydrogen-bond acceptors (Lipinski definition) is 8. The van der Waals surface area contributed by atoms with E-state index < -0.39 is 5.97 Å². The van der Waals surface area contributed by atoms with Crippen LogP contribution >= 0.6 is 11.3 Å². The van der Waals surface area contributed by atoms with Gasteiger partial charge in [0.25, 0.3) is 0 Å². The molecular weight excluding hydrogens is 354 g/mol. The van der Waals surface area contributed by atoms with Gasteiger partial charge in [0.05, 0.1) is 31.7 Å². The second-order valence-electron chi connectivity index (χ2n) is 5.60. The molecule has 26 heavy (non-hydrogen) atoms. The Morgan fingerprint density at radius 1 is 1.38 bits per heavy atom. The molecule has 7 nitrogen and oxygen atoms in total. The van der Waals surface area contributed by atoms with Gasteiger partial charge in [-0.2, -0.15) is 5.10 Å². The lowest BCUT2D eigenvalue weighted by Gasteiger charge is -2.14. The van der Waals surface area contributed by atoms with Crippen molar-refractivity contribution in [1.29, 1.82) is 0 Å². The molecule has 1 heterocycles. The standard InChI is InChI=1S/C18H23N3O4S/c1-6-24-15-9-13(7-8-14(15)25-11(2)3)10-19-21-18-20-12(4)16(26-18)17(22)23-5/h7-11H,6H2,1-5H3,(H,20,21)/b19-10+. The van der Waals surface area contributed by atoms with Gasteiger partial charge < -0.3 is 14.2 Å². The number of hydrogen-bond donors (Lipinski definition) is 1. The number of esters is 1. The van der Waals surface area contributed by atoms with Crippen LogP contribution in [0.1, 0.15) is 41.7 Å². The molecule has 0 amide bonds. The molecule has 0 fully saturated rings. The number of benzene rings is 1. The van der Waals surface area contributed by atoms with Gasteiger partial charge in [-0.25, -0.2) is 9.78 Å². The molecule has 0 spiro atoms. The number of aryl methyl sites for hydroxylation is 1. The largest absolute Gasteiger partial charge is 0.490 e. The van der Waals surface area contributed by atoms with Crippen molar-refractivity contribution in [3.8, 4) is 11.5 Å². The highest BCUT2D eigenvalue weighted by Gasteiger charge is 2.15. The zero-order chi connectivity index (χ0) is 19.1. The molecule has 2 rings (SSSR count). The molecule has 1 N–H and O–H groups in total. The molecule has 0 aliphatic carbocycles. The van der Waals surface area contributed by atoms with Gasteiger partial charge in [-0.15, -0.1) is 0 Å². The zero-order valence-electron chi connectivity index (χ0n) is 15.5. The molecule has 140 valence electrons. The number of thiazole rings is 1. The molecule has 0 unspecified atom stereocenters. The van der Waals surface area contributed by atoms with Gasteiger partial charge in [0.15, 0.2) is 11.5 Å². The number of methoxy groups -OCH3 is 1. The molecular formula is C18H23N3O4S. The first-order chi connectivity index (χ1) is 12.4. The number of hydrazone groups is 1. The summed E-state index contributed by atoms with van der Waals surface area (Å²) in [5.74, 6) is 0.965. The van der Waals surface area contributed by atoms with Crippen LogP contribution in [-0.4, -0.2) is 37.0 Å². The number of rotatable bonds is 8. The average molecular weight is 377 g/mol. The van der Waals surface area contributed by atoms with E-state index in [1.807, 2.05) is 39.0 Å². The van der Waals surface area contributed by atoms with Crippen LogP contribution in [-0.2, 0) is 4.74 Å². The van der Waals surface area contributed by atoms with Crippen molar-refractivity contribution in [3.05, 3.63) is 34.3 Å². The Kier molecular flexibility index (Phi) is 6.97. The summed E-state index contributed by atoms with van der Waals surface area (Å²) in [6.07, 6.45) is 1.71. The van der Waals surface area contributed by atoms with Crippen molar-refractivity contribution in [1.82, 2.24) is 4.98 Å². The molecule has 0 atom stereocenters. The maximum absolute atomic E-state index is 11.6. The van der Waals surface area contributed by atoms with Crippen molar-refractivity contribution in [2.75, 3.05) is 19.1 Å². The van der Waals surface area contributed by atoms with Crippen LogP contribution in [0.4, 0.5) is 5.13 Å². The minimum absolute atomic E-state index is 0.0625. The molecule has 0 aliphatic heterocycles. The van der Waals surface area contributed by atoms with E-state index in [1.54, 1.807) is 13.1 Å². The number of nitrogens with one attached hydrogen (secondary N) is 1. The van der Waals surface area contributed by atoms with Crippen molar-refractivity contribution in [2.24, 2.45) is 5.10 Å². The summed E-state index contributed by atoms with van der Waals surface area (Å²) >= 11 is 1.19. The van der Waals surface area contributed by atoms with Gasteiger partial charge in [0.1, 0.15) is 4.88 Å². The van der Waals surface area contributed by atoms with E-state index in [2.05, 4.69) is 15.5 Å². The average Bonchev–Trinajstić information content (AvgIpc) is 2.97. The quantitative estimate of drug-likeness (QED) is 0.427. The van der Waals surface area contributed by atoms with Gasteiger partial charge in [0, 0.05) is 0 Å². The molecule has 8 heteroatoms. The van der Waals surface area contributed by atoms with Gasteiger partial charge >= 0.3 is 5.97 Å².